The van der Waals surface area contributed by atoms with Crippen molar-refractivity contribution in [2.75, 3.05) is 35.3 Å². The van der Waals surface area contributed by atoms with E-state index in [-0.39, 0.29) is 6.04 Å². The first-order valence-corrected chi connectivity index (χ1v) is 12.2. The summed E-state index contributed by atoms with van der Waals surface area (Å²) in [5.41, 5.74) is 8.22. The summed E-state index contributed by atoms with van der Waals surface area (Å²) in [4.78, 5) is 14.9. The normalized spacial score (nSPS) is 14.8. The van der Waals surface area contributed by atoms with Crippen molar-refractivity contribution < 1.29 is 0 Å². The van der Waals surface area contributed by atoms with Gasteiger partial charge in [-0.1, -0.05) is 19.6 Å². The lowest BCUT2D eigenvalue weighted by Gasteiger charge is -2.32. The van der Waals surface area contributed by atoms with E-state index in [4.69, 9.17) is 15.7 Å². The minimum absolute atomic E-state index is 0.160. The Morgan fingerprint density at radius 2 is 2.03 bits per heavy atom. The third kappa shape index (κ3) is 7.00. The Morgan fingerprint density at radius 3 is 2.61 bits per heavy atom. The predicted octanol–water partition coefficient (Wildman–Crippen LogP) is 4.92. The lowest BCUT2D eigenvalue weighted by molar-refractivity contribution is 0.605. The molecule has 0 bridgehead atoms. The maximum atomic E-state index is 6.17. The van der Waals surface area contributed by atoms with Crippen molar-refractivity contribution in [1.29, 1.82) is 0 Å². The Kier molecular flexibility index (Phi) is 8.79. The molecule has 1 unspecified atom stereocenters. The molecule has 1 atom stereocenters. The number of nitrogens with one attached hydrogen (secondary N) is 2. The Balaban J connectivity index is 1.81. The van der Waals surface area contributed by atoms with E-state index in [2.05, 4.69) is 70.5 Å². The molecule has 1 aromatic carbocycles. The Bertz CT molecular complexity index is 996. The van der Waals surface area contributed by atoms with Crippen LogP contribution in [0.1, 0.15) is 33.6 Å². The van der Waals surface area contributed by atoms with Crippen molar-refractivity contribution in [3.05, 3.63) is 66.8 Å². The molecule has 33 heavy (non-hydrogen) atoms. The van der Waals surface area contributed by atoms with E-state index in [0.29, 0.717) is 16.8 Å². The number of allylic oxidation sites excluding steroid dienone is 2. The minimum Gasteiger partial charge on any atom is -0.385 e. The molecule has 0 saturated carbocycles. The third-order valence-corrected chi connectivity index (χ3v) is 6.13. The van der Waals surface area contributed by atoms with Crippen LogP contribution in [0.5, 0.6) is 0 Å². The van der Waals surface area contributed by atoms with Gasteiger partial charge in [0.2, 0.25) is 0 Å². The van der Waals surface area contributed by atoms with Crippen molar-refractivity contribution in [2.45, 2.75) is 49.7 Å². The van der Waals surface area contributed by atoms with E-state index in [0.717, 1.165) is 41.6 Å². The number of anilines is 3. The fourth-order valence-electron chi connectivity index (χ4n) is 3.20. The van der Waals surface area contributed by atoms with E-state index in [1.165, 1.54) is 18.2 Å². The number of hydrogen-bond donors (Lipinski definition) is 3. The Hall–Kier alpha value is -2.97. The Labute approximate surface area is 201 Å². The molecule has 176 valence electrons. The molecule has 0 radical (unpaired) electrons. The quantitative estimate of drug-likeness (QED) is 0.403. The summed E-state index contributed by atoms with van der Waals surface area (Å²) < 4.78 is 0. The van der Waals surface area contributed by atoms with Gasteiger partial charge in [0.1, 0.15) is 11.6 Å². The van der Waals surface area contributed by atoms with Gasteiger partial charge in [-0.05, 0) is 75.8 Å². The lowest BCUT2D eigenvalue weighted by atomic mass is 10.2. The molecule has 3 rings (SSSR count). The molecule has 0 spiro atoms. The second-order valence-corrected chi connectivity index (χ2v) is 9.09. The molecule has 1 saturated heterocycles. The van der Waals surface area contributed by atoms with E-state index in [1.807, 2.05) is 33.0 Å². The van der Waals surface area contributed by atoms with E-state index in [1.54, 1.807) is 0 Å². The zero-order valence-corrected chi connectivity index (χ0v) is 20.8. The van der Waals surface area contributed by atoms with E-state index < -0.39 is 0 Å². The fraction of sp³-hybridized carbons (Fsp3) is 0.360. The topological polar surface area (TPSA) is 82.3 Å². The molecule has 2 aromatic rings. The van der Waals surface area contributed by atoms with Gasteiger partial charge in [-0.2, -0.15) is 0 Å². The molecular weight excluding hydrogens is 430 g/mol. The number of nitrogens with zero attached hydrogens (tertiary/aromatic N) is 4. The van der Waals surface area contributed by atoms with Crippen LogP contribution in [0.2, 0.25) is 0 Å². The van der Waals surface area contributed by atoms with Gasteiger partial charge in [-0.25, -0.2) is 9.97 Å². The second kappa shape index (κ2) is 11.8. The van der Waals surface area contributed by atoms with Gasteiger partial charge >= 0.3 is 0 Å². The standard InChI is InChI=1S/C25H35N7S/c1-6-7-15-32(18(2)3)20-9-11-21(12-10-20)33-25-29-23(28-22(26)16-19(4)27-5)17-24(30-25)31-13-8-14-31/h7,9-12,15-17,19,27H,2,6,8,13-14,26H2,1,3-5H3,(H,28,29,30)/b15-7-,22-16+. The van der Waals surface area contributed by atoms with Crippen molar-refractivity contribution in [3.8, 4) is 0 Å². The molecule has 2 heterocycles. The third-order valence-electron chi connectivity index (χ3n) is 5.25. The van der Waals surface area contributed by atoms with Gasteiger partial charge in [-0.15, -0.1) is 0 Å². The predicted molar refractivity (Wildman–Crippen MR) is 141 cm³/mol. The summed E-state index contributed by atoms with van der Waals surface area (Å²) >= 11 is 1.54. The highest BCUT2D eigenvalue weighted by Crippen LogP contribution is 2.31. The second-order valence-electron chi connectivity index (χ2n) is 8.05. The smallest absolute Gasteiger partial charge is 0.196 e. The number of likely N-dealkylation sites (N-methyl/N-ethyl adjacent to an activating group) is 1. The molecule has 1 aliphatic rings. The average Bonchev–Trinajstić information content (AvgIpc) is 2.73. The molecule has 1 aliphatic heterocycles. The highest BCUT2D eigenvalue weighted by molar-refractivity contribution is 7.99. The molecule has 0 amide bonds. The van der Waals surface area contributed by atoms with Crippen LogP contribution in [0.3, 0.4) is 0 Å². The van der Waals surface area contributed by atoms with Crippen LogP contribution >= 0.6 is 11.8 Å². The number of rotatable bonds is 11. The van der Waals surface area contributed by atoms with Crippen LogP contribution in [0.4, 0.5) is 17.3 Å². The first-order valence-electron chi connectivity index (χ1n) is 11.3. The number of hydrogen-bond acceptors (Lipinski definition) is 8. The van der Waals surface area contributed by atoms with Gasteiger partial charge in [0.25, 0.3) is 0 Å². The molecular formula is C25H35N7S. The maximum Gasteiger partial charge on any atom is 0.196 e. The highest BCUT2D eigenvalue weighted by atomic mass is 32.2. The molecule has 1 aromatic heterocycles. The fourth-order valence-corrected chi connectivity index (χ4v) is 3.96. The van der Waals surface area contributed by atoms with Gasteiger partial charge in [-0.3, -0.25) is 0 Å². The summed E-state index contributed by atoms with van der Waals surface area (Å²) in [6.07, 6.45) is 8.28. The SMILES string of the molecule is C=C(C)N(/C=C\CC)c1ccc(Sc2nc(N/C(N)=C/C(C)NC)cc(N3CCC3)n2)cc1. The van der Waals surface area contributed by atoms with E-state index in [9.17, 15) is 0 Å². The first kappa shape index (κ1) is 24.7. The van der Waals surface area contributed by atoms with Crippen molar-refractivity contribution >= 4 is 29.1 Å². The minimum atomic E-state index is 0.160. The highest BCUT2D eigenvalue weighted by Gasteiger charge is 2.18. The van der Waals surface area contributed by atoms with Crippen molar-refractivity contribution in [1.82, 2.24) is 15.3 Å². The molecule has 1 fully saturated rings. The van der Waals surface area contributed by atoms with Crippen molar-refractivity contribution in [3.63, 3.8) is 0 Å². The number of benzene rings is 1. The largest absolute Gasteiger partial charge is 0.385 e. The lowest BCUT2D eigenvalue weighted by Crippen LogP contribution is -2.37. The van der Waals surface area contributed by atoms with Gasteiger partial charge < -0.3 is 26.2 Å². The monoisotopic (exact) mass is 465 g/mol. The number of aromatic nitrogens is 2. The van der Waals surface area contributed by atoms with Gasteiger partial charge in [0, 0.05) is 47.7 Å². The molecule has 8 heteroatoms. The average molecular weight is 466 g/mol. The Morgan fingerprint density at radius 1 is 1.30 bits per heavy atom. The summed E-state index contributed by atoms with van der Waals surface area (Å²) in [6, 6.07) is 10.5. The van der Waals surface area contributed by atoms with Crippen LogP contribution in [-0.2, 0) is 0 Å². The van der Waals surface area contributed by atoms with Crippen molar-refractivity contribution in [2.24, 2.45) is 5.73 Å². The summed E-state index contributed by atoms with van der Waals surface area (Å²) in [6.45, 7) is 12.3. The van der Waals surface area contributed by atoms with Crippen LogP contribution in [-0.4, -0.2) is 36.1 Å². The van der Waals surface area contributed by atoms with Gasteiger partial charge in [0.05, 0.1) is 5.82 Å². The molecule has 4 N–H and O–H groups in total. The molecule has 0 aliphatic carbocycles. The molecule has 7 nitrogen and oxygen atoms in total. The first-order chi connectivity index (χ1) is 15.9. The number of nitrogens with two attached hydrogens (primary N) is 1. The maximum absolute atomic E-state index is 6.17. The van der Waals surface area contributed by atoms with Crippen LogP contribution in [0.15, 0.2) is 76.8 Å². The van der Waals surface area contributed by atoms with Crippen LogP contribution < -0.4 is 26.2 Å². The van der Waals surface area contributed by atoms with Crippen LogP contribution in [0.25, 0.3) is 0 Å². The zero-order chi connectivity index (χ0) is 23.8. The van der Waals surface area contributed by atoms with Gasteiger partial charge in [0.15, 0.2) is 5.16 Å². The summed E-state index contributed by atoms with van der Waals surface area (Å²) in [5.74, 6) is 2.18. The summed E-state index contributed by atoms with van der Waals surface area (Å²) in [5, 5.41) is 7.05. The summed E-state index contributed by atoms with van der Waals surface area (Å²) in [7, 11) is 1.90. The van der Waals surface area contributed by atoms with Crippen LogP contribution in [0, 0.1) is 0 Å². The van der Waals surface area contributed by atoms with E-state index >= 15 is 0 Å². The zero-order valence-electron chi connectivity index (χ0n) is 20.0.